The lowest BCUT2D eigenvalue weighted by atomic mass is 9.94. The van der Waals surface area contributed by atoms with E-state index < -0.39 is 0 Å². The molecule has 0 spiro atoms. The Hall–Kier alpha value is -2.66. The summed E-state index contributed by atoms with van der Waals surface area (Å²) in [5.74, 6) is -0.412. The number of carbonyl (C=O) groups excluding carboxylic acids is 1. The summed E-state index contributed by atoms with van der Waals surface area (Å²) in [6.07, 6.45) is 1.74. The van der Waals surface area contributed by atoms with E-state index >= 15 is 0 Å². The SMILES string of the molecule is N=Cc1cc(NC(=O)C(CCN)c2ccccc2)ccc1N. The molecule has 2 aromatic rings. The smallest absolute Gasteiger partial charge is 0.231 e. The van der Waals surface area contributed by atoms with Gasteiger partial charge < -0.3 is 22.2 Å². The van der Waals surface area contributed by atoms with Gasteiger partial charge in [-0.2, -0.15) is 0 Å². The summed E-state index contributed by atoms with van der Waals surface area (Å²) >= 11 is 0. The molecule has 0 saturated carbocycles. The van der Waals surface area contributed by atoms with Crippen LogP contribution in [-0.4, -0.2) is 18.7 Å². The summed E-state index contributed by atoms with van der Waals surface area (Å²) < 4.78 is 0. The molecule has 1 unspecified atom stereocenters. The van der Waals surface area contributed by atoms with Gasteiger partial charge in [-0.05, 0) is 36.7 Å². The molecule has 1 amide bonds. The molecular weight excluding hydrogens is 276 g/mol. The van der Waals surface area contributed by atoms with Gasteiger partial charge in [-0.25, -0.2) is 0 Å². The Labute approximate surface area is 129 Å². The number of hydrogen-bond acceptors (Lipinski definition) is 4. The predicted molar refractivity (Wildman–Crippen MR) is 90.2 cm³/mol. The Bertz CT molecular complexity index is 655. The van der Waals surface area contributed by atoms with Crippen LogP contribution in [0, 0.1) is 5.41 Å². The zero-order valence-corrected chi connectivity index (χ0v) is 12.3. The molecule has 0 radical (unpaired) electrons. The number of carbonyl (C=O) groups is 1. The van der Waals surface area contributed by atoms with Crippen molar-refractivity contribution < 1.29 is 4.79 Å². The number of amides is 1. The fourth-order valence-electron chi connectivity index (χ4n) is 2.31. The molecule has 6 N–H and O–H groups in total. The summed E-state index contributed by atoms with van der Waals surface area (Å²) in [6, 6.07) is 14.7. The van der Waals surface area contributed by atoms with Crippen molar-refractivity contribution in [3.8, 4) is 0 Å². The highest BCUT2D eigenvalue weighted by atomic mass is 16.1. The Morgan fingerprint density at radius 3 is 2.59 bits per heavy atom. The molecule has 5 heteroatoms. The predicted octanol–water partition coefficient (Wildman–Crippen LogP) is 2.34. The van der Waals surface area contributed by atoms with E-state index in [1.807, 2.05) is 30.3 Å². The van der Waals surface area contributed by atoms with E-state index in [1.165, 1.54) is 6.21 Å². The van der Waals surface area contributed by atoms with Crippen LogP contribution in [-0.2, 0) is 4.79 Å². The Balaban J connectivity index is 2.20. The van der Waals surface area contributed by atoms with E-state index in [9.17, 15) is 4.79 Å². The average Bonchev–Trinajstić information content (AvgIpc) is 2.55. The maximum atomic E-state index is 12.5. The number of nitrogens with two attached hydrogens (primary N) is 2. The van der Waals surface area contributed by atoms with Crippen LogP contribution in [0.1, 0.15) is 23.5 Å². The number of rotatable bonds is 6. The topological polar surface area (TPSA) is 105 Å². The van der Waals surface area contributed by atoms with Gasteiger partial charge in [-0.15, -0.1) is 0 Å². The fourth-order valence-corrected chi connectivity index (χ4v) is 2.31. The number of nitrogen functional groups attached to an aromatic ring is 1. The van der Waals surface area contributed by atoms with E-state index in [2.05, 4.69) is 5.32 Å². The molecule has 2 aromatic carbocycles. The van der Waals surface area contributed by atoms with Crippen LogP contribution in [0.2, 0.25) is 0 Å². The first-order valence-corrected chi connectivity index (χ1v) is 7.11. The third-order valence-electron chi connectivity index (χ3n) is 3.48. The molecular formula is C17H20N4O. The average molecular weight is 296 g/mol. The van der Waals surface area contributed by atoms with Gasteiger partial charge in [0.05, 0.1) is 5.92 Å². The van der Waals surface area contributed by atoms with E-state index in [4.69, 9.17) is 16.9 Å². The standard InChI is InChI=1S/C17H20N4O/c18-9-8-15(12-4-2-1-3-5-12)17(22)21-14-6-7-16(20)13(10-14)11-19/h1-7,10-11,15,19H,8-9,18,20H2,(H,21,22). The van der Waals surface area contributed by atoms with Gasteiger partial charge >= 0.3 is 0 Å². The third kappa shape index (κ3) is 3.71. The number of benzene rings is 2. The lowest BCUT2D eigenvalue weighted by Crippen LogP contribution is -2.23. The zero-order valence-electron chi connectivity index (χ0n) is 12.3. The van der Waals surface area contributed by atoms with Crippen molar-refractivity contribution in [2.45, 2.75) is 12.3 Å². The zero-order chi connectivity index (χ0) is 15.9. The molecule has 2 rings (SSSR count). The summed E-state index contributed by atoms with van der Waals surface area (Å²) in [5, 5.41) is 10.2. The fraction of sp³-hybridized carbons (Fsp3) is 0.176. The second kappa shape index (κ2) is 7.38. The van der Waals surface area contributed by atoms with Crippen LogP contribution in [0.15, 0.2) is 48.5 Å². The van der Waals surface area contributed by atoms with E-state index in [0.29, 0.717) is 29.9 Å². The third-order valence-corrected chi connectivity index (χ3v) is 3.48. The van der Waals surface area contributed by atoms with Crippen molar-refractivity contribution in [2.24, 2.45) is 5.73 Å². The first-order chi connectivity index (χ1) is 10.7. The molecule has 0 heterocycles. The number of hydrogen-bond donors (Lipinski definition) is 4. The summed E-state index contributed by atoms with van der Waals surface area (Å²) in [5.41, 5.74) is 14.0. The Kier molecular flexibility index (Phi) is 5.27. The van der Waals surface area contributed by atoms with Crippen molar-refractivity contribution in [1.82, 2.24) is 0 Å². The van der Waals surface area contributed by atoms with Gasteiger partial charge in [0.15, 0.2) is 0 Å². The molecule has 22 heavy (non-hydrogen) atoms. The van der Waals surface area contributed by atoms with E-state index in [-0.39, 0.29) is 11.8 Å². The van der Waals surface area contributed by atoms with Gasteiger partial charge in [0, 0.05) is 23.2 Å². The van der Waals surface area contributed by atoms with Crippen molar-refractivity contribution in [2.75, 3.05) is 17.6 Å². The minimum Gasteiger partial charge on any atom is -0.398 e. The number of anilines is 2. The molecule has 0 aromatic heterocycles. The van der Waals surface area contributed by atoms with Crippen molar-refractivity contribution >= 4 is 23.5 Å². The Morgan fingerprint density at radius 2 is 1.95 bits per heavy atom. The largest absolute Gasteiger partial charge is 0.398 e. The summed E-state index contributed by atoms with van der Waals surface area (Å²) in [7, 11) is 0. The highest BCUT2D eigenvalue weighted by Crippen LogP contribution is 2.22. The van der Waals surface area contributed by atoms with Gasteiger partial charge in [-0.1, -0.05) is 30.3 Å². The lowest BCUT2D eigenvalue weighted by Gasteiger charge is -2.17. The first-order valence-electron chi connectivity index (χ1n) is 7.11. The van der Waals surface area contributed by atoms with E-state index in [1.54, 1.807) is 18.2 Å². The van der Waals surface area contributed by atoms with Crippen LogP contribution < -0.4 is 16.8 Å². The molecule has 0 aliphatic carbocycles. The van der Waals surface area contributed by atoms with Gasteiger partial charge in [0.2, 0.25) is 5.91 Å². The molecule has 0 bridgehead atoms. The van der Waals surface area contributed by atoms with Gasteiger partial charge in [0.1, 0.15) is 0 Å². The first kappa shape index (κ1) is 15.7. The van der Waals surface area contributed by atoms with Crippen LogP contribution in [0.5, 0.6) is 0 Å². The molecule has 0 fully saturated rings. The lowest BCUT2D eigenvalue weighted by molar-refractivity contribution is -0.117. The molecule has 0 saturated heterocycles. The summed E-state index contributed by atoms with van der Waals surface area (Å²) in [6.45, 7) is 0.431. The monoisotopic (exact) mass is 296 g/mol. The highest BCUT2D eigenvalue weighted by Gasteiger charge is 2.19. The second-order valence-electron chi connectivity index (χ2n) is 5.02. The molecule has 1 atom stereocenters. The van der Waals surface area contributed by atoms with Gasteiger partial charge in [-0.3, -0.25) is 4.79 Å². The maximum Gasteiger partial charge on any atom is 0.231 e. The van der Waals surface area contributed by atoms with Crippen molar-refractivity contribution in [1.29, 1.82) is 5.41 Å². The van der Waals surface area contributed by atoms with Crippen LogP contribution >= 0.6 is 0 Å². The highest BCUT2D eigenvalue weighted by molar-refractivity contribution is 5.97. The Morgan fingerprint density at radius 1 is 1.23 bits per heavy atom. The van der Waals surface area contributed by atoms with E-state index in [0.717, 1.165) is 5.56 Å². The normalized spacial score (nSPS) is 11.7. The second-order valence-corrected chi connectivity index (χ2v) is 5.02. The minimum absolute atomic E-state index is 0.114. The van der Waals surface area contributed by atoms with Crippen LogP contribution in [0.4, 0.5) is 11.4 Å². The van der Waals surface area contributed by atoms with Crippen molar-refractivity contribution in [3.05, 3.63) is 59.7 Å². The minimum atomic E-state index is -0.299. The molecule has 0 aliphatic rings. The molecule has 5 nitrogen and oxygen atoms in total. The van der Waals surface area contributed by atoms with Crippen LogP contribution in [0.3, 0.4) is 0 Å². The summed E-state index contributed by atoms with van der Waals surface area (Å²) in [4.78, 5) is 12.5. The quantitative estimate of drug-likeness (QED) is 0.485. The number of nitrogens with one attached hydrogen (secondary N) is 2. The van der Waals surface area contributed by atoms with Crippen LogP contribution in [0.25, 0.3) is 0 Å². The van der Waals surface area contributed by atoms with Crippen molar-refractivity contribution in [3.63, 3.8) is 0 Å². The molecule has 0 aliphatic heterocycles. The molecule has 114 valence electrons. The maximum absolute atomic E-state index is 12.5. The van der Waals surface area contributed by atoms with Gasteiger partial charge in [0.25, 0.3) is 0 Å².